The van der Waals surface area contributed by atoms with Crippen molar-refractivity contribution < 1.29 is 14.3 Å². The first-order chi connectivity index (χ1) is 12.6. The van der Waals surface area contributed by atoms with Gasteiger partial charge < -0.3 is 14.8 Å². The maximum absolute atomic E-state index is 12.3. The Labute approximate surface area is 157 Å². The minimum absolute atomic E-state index is 0.0179. The fourth-order valence-corrected chi connectivity index (χ4v) is 2.67. The molecule has 2 rings (SSSR count). The molecule has 0 fully saturated rings. The van der Waals surface area contributed by atoms with Crippen LogP contribution in [-0.4, -0.2) is 26.7 Å². The number of nitrogens with one attached hydrogen (secondary N) is 1. The fourth-order valence-electron chi connectivity index (χ4n) is 2.44. The van der Waals surface area contributed by atoms with E-state index in [9.17, 15) is 10.1 Å². The number of benzene rings is 2. The first-order valence-corrected chi connectivity index (χ1v) is 8.33. The summed E-state index contributed by atoms with van der Waals surface area (Å²) in [6, 6.07) is 14.6. The van der Waals surface area contributed by atoms with Gasteiger partial charge >= 0.3 is 0 Å². The van der Waals surface area contributed by atoms with Crippen molar-refractivity contribution >= 4 is 23.6 Å². The van der Waals surface area contributed by atoms with E-state index in [1.807, 2.05) is 24.3 Å². The van der Waals surface area contributed by atoms with Crippen LogP contribution in [0.5, 0.6) is 11.5 Å². The Kier molecular flexibility index (Phi) is 7.07. The topological polar surface area (TPSA) is 71.3 Å². The molecule has 26 heavy (non-hydrogen) atoms. The Balaban J connectivity index is 2.10. The Hall–Kier alpha value is -2.97. The number of carbonyl (C=O) groups is 1. The Bertz CT molecular complexity index is 856. The number of carbonyl (C=O) groups excluding carboxylic acids is 1. The number of amides is 1. The van der Waals surface area contributed by atoms with Crippen LogP contribution in [0.2, 0.25) is 5.02 Å². The average Bonchev–Trinajstić information content (AvgIpc) is 2.66. The quantitative estimate of drug-likeness (QED) is 0.596. The van der Waals surface area contributed by atoms with Crippen molar-refractivity contribution in [3.05, 3.63) is 64.2 Å². The molecule has 0 heterocycles. The number of ether oxygens (including phenoxy) is 2. The van der Waals surface area contributed by atoms with E-state index in [1.165, 1.54) is 20.3 Å². The van der Waals surface area contributed by atoms with E-state index in [-0.39, 0.29) is 5.57 Å². The van der Waals surface area contributed by atoms with Gasteiger partial charge in [0.15, 0.2) is 11.5 Å². The SMILES string of the molecule is COc1cccc(C=C(C#N)C(=O)NCCc2ccccc2Cl)c1OC. The lowest BCUT2D eigenvalue weighted by molar-refractivity contribution is -0.117. The summed E-state index contributed by atoms with van der Waals surface area (Å²) in [5.41, 5.74) is 1.51. The largest absolute Gasteiger partial charge is 0.493 e. The summed E-state index contributed by atoms with van der Waals surface area (Å²) >= 11 is 6.10. The highest BCUT2D eigenvalue weighted by Gasteiger charge is 2.13. The third kappa shape index (κ3) is 4.78. The summed E-state index contributed by atoms with van der Waals surface area (Å²) in [5.74, 6) is 0.536. The lowest BCUT2D eigenvalue weighted by Gasteiger charge is -2.10. The summed E-state index contributed by atoms with van der Waals surface area (Å²) in [4.78, 5) is 12.3. The summed E-state index contributed by atoms with van der Waals surface area (Å²) in [6.07, 6.45) is 2.05. The molecule has 0 aliphatic heterocycles. The van der Waals surface area contributed by atoms with Crippen LogP contribution in [0.25, 0.3) is 6.08 Å². The van der Waals surface area contributed by atoms with Crippen LogP contribution in [0.4, 0.5) is 0 Å². The molecule has 2 aromatic carbocycles. The van der Waals surface area contributed by atoms with Crippen LogP contribution >= 0.6 is 11.6 Å². The Morgan fingerprint density at radius 3 is 2.62 bits per heavy atom. The van der Waals surface area contributed by atoms with Crippen molar-refractivity contribution in [2.24, 2.45) is 0 Å². The standard InChI is InChI=1S/C20H19ClN2O3/c1-25-18-9-5-7-15(19(18)26-2)12-16(13-22)20(24)23-11-10-14-6-3-4-8-17(14)21/h3-9,12H,10-11H2,1-2H3,(H,23,24). The van der Waals surface area contributed by atoms with Gasteiger partial charge in [-0.25, -0.2) is 0 Å². The highest BCUT2D eigenvalue weighted by atomic mass is 35.5. The van der Waals surface area contributed by atoms with Crippen LogP contribution in [0.3, 0.4) is 0 Å². The van der Waals surface area contributed by atoms with Crippen LogP contribution in [0.1, 0.15) is 11.1 Å². The van der Waals surface area contributed by atoms with E-state index in [2.05, 4.69) is 5.32 Å². The van der Waals surface area contributed by atoms with Gasteiger partial charge in [0, 0.05) is 17.1 Å². The van der Waals surface area contributed by atoms with Crippen LogP contribution in [0, 0.1) is 11.3 Å². The second-order valence-electron chi connectivity index (χ2n) is 5.35. The van der Waals surface area contributed by atoms with Gasteiger partial charge in [-0.2, -0.15) is 5.26 Å². The molecule has 0 saturated heterocycles. The molecule has 0 bridgehead atoms. The molecule has 1 amide bonds. The minimum Gasteiger partial charge on any atom is -0.493 e. The molecular weight excluding hydrogens is 352 g/mol. The molecule has 5 nitrogen and oxygen atoms in total. The van der Waals surface area contributed by atoms with Crippen molar-refractivity contribution in [2.45, 2.75) is 6.42 Å². The monoisotopic (exact) mass is 370 g/mol. The van der Waals surface area contributed by atoms with Gasteiger partial charge in [-0.05, 0) is 30.2 Å². The van der Waals surface area contributed by atoms with Crippen molar-refractivity contribution in [1.82, 2.24) is 5.32 Å². The minimum atomic E-state index is -0.454. The summed E-state index contributed by atoms with van der Waals surface area (Å²) in [6.45, 7) is 0.372. The number of halogens is 1. The Morgan fingerprint density at radius 1 is 1.19 bits per heavy atom. The Morgan fingerprint density at radius 2 is 1.96 bits per heavy atom. The lowest BCUT2D eigenvalue weighted by Crippen LogP contribution is -2.26. The summed E-state index contributed by atoms with van der Waals surface area (Å²) in [7, 11) is 3.03. The second kappa shape index (κ2) is 9.50. The van der Waals surface area contributed by atoms with Crippen molar-refractivity contribution in [2.75, 3.05) is 20.8 Å². The zero-order valence-corrected chi connectivity index (χ0v) is 15.3. The van der Waals surface area contributed by atoms with Gasteiger partial charge in [0.2, 0.25) is 0 Å². The number of rotatable bonds is 7. The van der Waals surface area contributed by atoms with Crippen molar-refractivity contribution in [3.63, 3.8) is 0 Å². The smallest absolute Gasteiger partial charge is 0.261 e. The molecule has 0 saturated carbocycles. The number of hydrogen-bond donors (Lipinski definition) is 1. The molecule has 0 radical (unpaired) electrons. The molecule has 2 aromatic rings. The summed E-state index contributed by atoms with van der Waals surface area (Å²) < 4.78 is 10.5. The van der Waals surface area contributed by atoms with Gasteiger partial charge in [0.1, 0.15) is 11.6 Å². The van der Waals surface area contributed by atoms with Crippen LogP contribution in [0.15, 0.2) is 48.0 Å². The molecule has 0 atom stereocenters. The van der Waals surface area contributed by atoms with E-state index < -0.39 is 5.91 Å². The zero-order valence-electron chi connectivity index (χ0n) is 14.6. The molecule has 0 aliphatic carbocycles. The van der Waals surface area contributed by atoms with Crippen LogP contribution in [-0.2, 0) is 11.2 Å². The number of para-hydroxylation sites is 1. The second-order valence-corrected chi connectivity index (χ2v) is 5.76. The van der Waals surface area contributed by atoms with E-state index in [1.54, 1.807) is 24.3 Å². The highest BCUT2D eigenvalue weighted by Crippen LogP contribution is 2.32. The maximum atomic E-state index is 12.3. The third-order valence-corrected chi connectivity index (χ3v) is 4.10. The van der Waals surface area contributed by atoms with Crippen molar-refractivity contribution in [3.8, 4) is 17.6 Å². The lowest BCUT2D eigenvalue weighted by atomic mass is 10.1. The van der Waals surface area contributed by atoms with Gasteiger partial charge in [-0.1, -0.05) is 41.9 Å². The van der Waals surface area contributed by atoms with Gasteiger partial charge in [-0.3, -0.25) is 4.79 Å². The first kappa shape index (κ1) is 19.4. The molecule has 0 unspecified atom stereocenters. The normalized spacial score (nSPS) is 10.8. The molecule has 134 valence electrons. The number of methoxy groups -OCH3 is 2. The van der Waals surface area contributed by atoms with Crippen molar-refractivity contribution in [1.29, 1.82) is 5.26 Å². The van der Waals surface area contributed by atoms with Gasteiger partial charge in [-0.15, -0.1) is 0 Å². The van der Waals surface area contributed by atoms with Crippen LogP contribution < -0.4 is 14.8 Å². The van der Waals surface area contributed by atoms with E-state index >= 15 is 0 Å². The van der Waals surface area contributed by atoms with Gasteiger partial charge in [0.05, 0.1) is 14.2 Å². The van der Waals surface area contributed by atoms with E-state index in [0.717, 1.165) is 5.56 Å². The number of hydrogen-bond acceptors (Lipinski definition) is 4. The molecule has 6 heteroatoms. The molecule has 0 aromatic heterocycles. The number of nitrogens with zero attached hydrogens (tertiary/aromatic N) is 1. The number of nitriles is 1. The highest BCUT2D eigenvalue weighted by molar-refractivity contribution is 6.31. The molecule has 1 N–H and O–H groups in total. The predicted molar refractivity (Wildman–Crippen MR) is 101 cm³/mol. The maximum Gasteiger partial charge on any atom is 0.261 e. The predicted octanol–water partition coefficient (Wildman–Crippen LogP) is 3.62. The van der Waals surface area contributed by atoms with E-state index in [0.29, 0.717) is 35.1 Å². The fraction of sp³-hybridized carbons (Fsp3) is 0.200. The van der Waals surface area contributed by atoms with Gasteiger partial charge in [0.25, 0.3) is 5.91 Å². The third-order valence-electron chi connectivity index (χ3n) is 3.74. The zero-order chi connectivity index (χ0) is 18.9. The average molecular weight is 371 g/mol. The molecule has 0 spiro atoms. The molecular formula is C20H19ClN2O3. The van der Waals surface area contributed by atoms with E-state index in [4.69, 9.17) is 21.1 Å². The summed E-state index contributed by atoms with van der Waals surface area (Å²) in [5, 5.41) is 12.7. The molecule has 0 aliphatic rings. The first-order valence-electron chi connectivity index (χ1n) is 7.95.